The second kappa shape index (κ2) is 6.83. The Hall–Kier alpha value is -3.07. The average molecular weight is 396 g/mol. The lowest BCUT2D eigenvalue weighted by molar-refractivity contribution is -0.101. The number of hydrogen-bond acceptors (Lipinski definition) is 5. The summed E-state index contributed by atoms with van der Waals surface area (Å²) < 4.78 is 26.3. The standard InChI is InChI=1S/C20H16N2O5S/c1-21-28(25,26)16-9-8-14-7-6-13(10-15(14)11-16)12-27-22-19(23)17-4-2-3-5-18(17)20(22)24/h2-11,21H,12H2,1H3. The second-order valence-corrected chi connectivity index (χ2v) is 8.16. The van der Waals surface area contributed by atoms with Crippen LogP contribution in [0.3, 0.4) is 0 Å². The Kier molecular flexibility index (Phi) is 4.46. The van der Waals surface area contributed by atoms with Crippen LogP contribution in [0.25, 0.3) is 10.8 Å². The maximum Gasteiger partial charge on any atom is 0.285 e. The molecule has 0 unspecified atom stereocenters. The summed E-state index contributed by atoms with van der Waals surface area (Å²) >= 11 is 0. The summed E-state index contributed by atoms with van der Waals surface area (Å²) in [7, 11) is -2.20. The highest BCUT2D eigenvalue weighted by Gasteiger charge is 2.36. The Morgan fingerprint density at radius 1 is 0.893 bits per heavy atom. The number of carbonyl (C=O) groups is 2. The lowest BCUT2D eigenvalue weighted by Gasteiger charge is -2.14. The summed E-state index contributed by atoms with van der Waals surface area (Å²) in [6, 6.07) is 16.7. The number of hydrogen-bond donors (Lipinski definition) is 1. The first-order valence-corrected chi connectivity index (χ1v) is 9.96. The van der Waals surface area contributed by atoms with Gasteiger partial charge in [0.15, 0.2) is 0 Å². The van der Waals surface area contributed by atoms with Crippen LogP contribution in [0.15, 0.2) is 65.6 Å². The number of imide groups is 1. The van der Waals surface area contributed by atoms with E-state index in [0.717, 1.165) is 10.4 Å². The monoisotopic (exact) mass is 396 g/mol. The highest BCUT2D eigenvalue weighted by atomic mass is 32.2. The first-order chi connectivity index (χ1) is 13.4. The van der Waals surface area contributed by atoms with Crippen LogP contribution in [0.4, 0.5) is 0 Å². The van der Waals surface area contributed by atoms with Gasteiger partial charge in [0.05, 0.1) is 16.0 Å². The molecule has 1 N–H and O–H groups in total. The molecule has 0 saturated heterocycles. The zero-order chi connectivity index (χ0) is 19.9. The third-order valence-corrected chi connectivity index (χ3v) is 5.98. The number of nitrogens with zero attached hydrogens (tertiary/aromatic N) is 1. The molecular formula is C20H16N2O5S. The van der Waals surface area contributed by atoms with Crippen molar-refractivity contribution >= 4 is 32.6 Å². The van der Waals surface area contributed by atoms with E-state index in [2.05, 4.69) is 4.72 Å². The minimum Gasteiger partial charge on any atom is -0.266 e. The minimum atomic E-state index is -3.55. The van der Waals surface area contributed by atoms with Gasteiger partial charge in [-0.05, 0) is 53.7 Å². The third kappa shape index (κ3) is 3.07. The predicted molar refractivity (Wildman–Crippen MR) is 102 cm³/mol. The number of sulfonamides is 1. The predicted octanol–water partition coefficient (Wildman–Crippen LogP) is 2.48. The van der Waals surface area contributed by atoms with Gasteiger partial charge in [-0.1, -0.05) is 30.3 Å². The van der Waals surface area contributed by atoms with Crippen molar-refractivity contribution in [3.63, 3.8) is 0 Å². The van der Waals surface area contributed by atoms with Crippen molar-refractivity contribution < 1.29 is 22.8 Å². The maximum absolute atomic E-state index is 12.3. The Morgan fingerprint density at radius 2 is 1.54 bits per heavy atom. The number of hydroxylamine groups is 2. The van der Waals surface area contributed by atoms with Crippen LogP contribution in [0.2, 0.25) is 0 Å². The van der Waals surface area contributed by atoms with Crippen molar-refractivity contribution in [2.24, 2.45) is 0 Å². The van der Waals surface area contributed by atoms with Crippen molar-refractivity contribution in [1.82, 2.24) is 9.79 Å². The summed E-state index contributed by atoms with van der Waals surface area (Å²) in [5, 5.41) is 2.33. The molecule has 0 aromatic heterocycles. The van der Waals surface area contributed by atoms with Gasteiger partial charge >= 0.3 is 0 Å². The van der Waals surface area contributed by atoms with Crippen LogP contribution in [-0.2, 0) is 21.5 Å². The molecule has 1 aliphatic rings. The van der Waals surface area contributed by atoms with Crippen LogP contribution >= 0.6 is 0 Å². The van der Waals surface area contributed by atoms with E-state index in [-0.39, 0.29) is 11.5 Å². The van der Waals surface area contributed by atoms with Crippen molar-refractivity contribution in [3.8, 4) is 0 Å². The van der Waals surface area contributed by atoms with Crippen molar-refractivity contribution in [2.45, 2.75) is 11.5 Å². The quantitative estimate of drug-likeness (QED) is 0.669. The van der Waals surface area contributed by atoms with Gasteiger partial charge in [0.1, 0.15) is 6.61 Å². The van der Waals surface area contributed by atoms with Gasteiger partial charge in [0.25, 0.3) is 11.8 Å². The van der Waals surface area contributed by atoms with Gasteiger partial charge in [-0.15, -0.1) is 5.06 Å². The molecule has 0 spiro atoms. The molecular weight excluding hydrogens is 380 g/mol. The van der Waals surface area contributed by atoms with Gasteiger partial charge in [-0.25, -0.2) is 13.1 Å². The minimum absolute atomic E-state index is 0.00951. The normalized spacial score (nSPS) is 14.0. The van der Waals surface area contributed by atoms with Gasteiger partial charge < -0.3 is 0 Å². The van der Waals surface area contributed by atoms with Crippen molar-refractivity contribution in [2.75, 3.05) is 7.05 Å². The van der Waals surface area contributed by atoms with E-state index < -0.39 is 21.8 Å². The van der Waals surface area contributed by atoms with E-state index in [4.69, 9.17) is 4.84 Å². The van der Waals surface area contributed by atoms with E-state index in [1.807, 2.05) is 6.07 Å². The van der Waals surface area contributed by atoms with Crippen LogP contribution < -0.4 is 4.72 Å². The molecule has 1 heterocycles. The fourth-order valence-electron chi connectivity index (χ4n) is 3.07. The molecule has 7 nitrogen and oxygen atoms in total. The summed E-state index contributed by atoms with van der Waals surface area (Å²) in [6.07, 6.45) is 0. The smallest absolute Gasteiger partial charge is 0.266 e. The molecule has 2 amide bonds. The van der Waals surface area contributed by atoms with Crippen LogP contribution in [0.5, 0.6) is 0 Å². The molecule has 0 bridgehead atoms. The van der Waals surface area contributed by atoms with Crippen molar-refractivity contribution in [3.05, 3.63) is 77.4 Å². The largest absolute Gasteiger partial charge is 0.285 e. The number of fused-ring (bicyclic) bond motifs is 2. The highest BCUT2D eigenvalue weighted by Crippen LogP contribution is 2.25. The van der Waals surface area contributed by atoms with Crippen LogP contribution in [-0.4, -0.2) is 32.3 Å². The lowest BCUT2D eigenvalue weighted by atomic mass is 10.1. The van der Waals surface area contributed by atoms with Crippen LogP contribution in [0.1, 0.15) is 26.3 Å². The zero-order valence-electron chi connectivity index (χ0n) is 14.9. The van der Waals surface area contributed by atoms with Gasteiger partial charge in [-0.2, -0.15) is 0 Å². The Labute approximate surface area is 161 Å². The Balaban J connectivity index is 1.57. The molecule has 3 aromatic carbocycles. The Bertz CT molecular complexity index is 1190. The molecule has 142 valence electrons. The lowest BCUT2D eigenvalue weighted by Crippen LogP contribution is -2.29. The number of carbonyl (C=O) groups excluding carboxylic acids is 2. The summed E-state index contributed by atoms with van der Waals surface area (Å²) in [4.78, 5) is 30.3. The molecule has 4 rings (SSSR count). The number of rotatable bonds is 5. The fraction of sp³-hybridized carbons (Fsp3) is 0.100. The molecule has 8 heteroatoms. The zero-order valence-corrected chi connectivity index (χ0v) is 15.7. The van der Waals surface area contributed by atoms with E-state index in [1.165, 1.54) is 13.1 Å². The van der Waals surface area contributed by atoms with Gasteiger partial charge in [-0.3, -0.25) is 14.4 Å². The van der Waals surface area contributed by atoms with E-state index in [1.54, 1.807) is 48.5 Å². The summed E-state index contributed by atoms with van der Waals surface area (Å²) in [5.74, 6) is -0.993. The van der Waals surface area contributed by atoms with Crippen LogP contribution in [0, 0.1) is 0 Å². The number of amides is 2. The number of benzene rings is 3. The molecule has 3 aromatic rings. The molecule has 0 aliphatic carbocycles. The molecule has 1 aliphatic heterocycles. The topological polar surface area (TPSA) is 92.8 Å². The average Bonchev–Trinajstić information content (AvgIpc) is 2.96. The second-order valence-electron chi connectivity index (χ2n) is 6.27. The molecule has 0 fully saturated rings. The first-order valence-electron chi connectivity index (χ1n) is 8.48. The SMILES string of the molecule is CNS(=O)(=O)c1ccc2ccc(CON3C(=O)c4ccccc4C3=O)cc2c1. The van der Waals surface area contributed by atoms with Gasteiger partial charge in [0.2, 0.25) is 10.0 Å². The Morgan fingerprint density at radius 3 is 2.18 bits per heavy atom. The molecule has 0 saturated carbocycles. The summed E-state index contributed by atoms with van der Waals surface area (Å²) in [5.41, 5.74) is 1.32. The van der Waals surface area contributed by atoms with E-state index in [0.29, 0.717) is 22.1 Å². The third-order valence-electron chi connectivity index (χ3n) is 4.57. The summed E-state index contributed by atoms with van der Waals surface area (Å²) in [6.45, 7) is -0.00951. The highest BCUT2D eigenvalue weighted by molar-refractivity contribution is 7.89. The number of nitrogens with one attached hydrogen (secondary N) is 1. The first kappa shape index (κ1) is 18.3. The van der Waals surface area contributed by atoms with Crippen molar-refractivity contribution in [1.29, 1.82) is 0 Å². The van der Waals surface area contributed by atoms with E-state index >= 15 is 0 Å². The maximum atomic E-state index is 12.3. The fourth-order valence-corrected chi connectivity index (χ4v) is 3.84. The van der Waals surface area contributed by atoms with E-state index in [9.17, 15) is 18.0 Å². The van der Waals surface area contributed by atoms with Gasteiger partial charge in [0, 0.05) is 0 Å². The molecule has 0 radical (unpaired) electrons. The molecule has 28 heavy (non-hydrogen) atoms. The molecule has 0 atom stereocenters.